The van der Waals surface area contributed by atoms with Crippen molar-refractivity contribution in [1.82, 2.24) is 0 Å². The van der Waals surface area contributed by atoms with E-state index in [-0.39, 0.29) is 42.3 Å². The summed E-state index contributed by atoms with van der Waals surface area (Å²) < 4.78 is 4.84. The minimum atomic E-state index is -0.234. The number of Topliss-reactive ketones (excluding diaryl/α,β-unsaturated/α-hetero) is 1. The maximum Gasteiger partial charge on any atom is 2.00 e. The number of hydrogen-bond donors (Lipinski definition) is 0. The number of carbonyl (C=O) groups is 1. The fourth-order valence-electron chi connectivity index (χ4n) is 1.79. The molecule has 0 atom stereocenters. The second kappa shape index (κ2) is 4.72. The molecule has 0 radical (unpaired) electrons. The number of hydrogen-bond acceptors (Lipinski definition) is 2. The Morgan fingerprint density at radius 1 is 1.60 bits per heavy atom. The Hall–Kier alpha value is -0.258. The molecule has 1 aliphatic rings. The SMILES string of the molecule is [CH2-]Oc1[c-]ccc(C2(C(C)=O)CC2)c1.[U+2]. The van der Waals surface area contributed by atoms with Gasteiger partial charge in [0.15, 0.2) is 0 Å². The van der Waals surface area contributed by atoms with Crippen molar-refractivity contribution < 1.29 is 40.6 Å². The van der Waals surface area contributed by atoms with E-state index in [1.165, 1.54) is 0 Å². The zero-order valence-corrected chi connectivity index (χ0v) is 12.8. The van der Waals surface area contributed by atoms with Crippen LogP contribution in [0.15, 0.2) is 18.2 Å². The molecule has 3 heteroatoms. The Labute approximate surface area is 114 Å². The largest absolute Gasteiger partial charge is 2.00 e. The molecule has 0 amide bonds. The first-order valence-electron chi connectivity index (χ1n) is 4.64. The summed E-state index contributed by atoms with van der Waals surface area (Å²) in [4.78, 5) is 11.5. The first-order valence-corrected chi connectivity index (χ1v) is 4.64. The van der Waals surface area contributed by atoms with Crippen molar-refractivity contribution in [1.29, 1.82) is 0 Å². The fourth-order valence-corrected chi connectivity index (χ4v) is 1.79. The van der Waals surface area contributed by atoms with Crippen molar-refractivity contribution >= 4 is 5.78 Å². The molecule has 0 N–H and O–H groups in total. The first kappa shape index (κ1) is 12.8. The van der Waals surface area contributed by atoms with Gasteiger partial charge in [-0.05, 0) is 25.5 Å². The zero-order chi connectivity index (χ0) is 10.2. The maximum atomic E-state index is 11.5. The quantitative estimate of drug-likeness (QED) is 0.694. The first-order chi connectivity index (χ1) is 6.69. The Morgan fingerprint density at radius 2 is 2.27 bits per heavy atom. The number of rotatable bonds is 3. The summed E-state index contributed by atoms with van der Waals surface area (Å²) in [7, 11) is 3.33. The van der Waals surface area contributed by atoms with Gasteiger partial charge in [0.2, 0.25) is 0 Å². The molecule has 1 aromatic rings. The van der Waals surface area contributed by atoms with Gasteiger partial charge in [-0.3, -0.25) is 4.79 Å². The van der Waals surface area contributed by atoms with Crippen molar-refractivity contribution in [3.8, 4) is 5.75 Å². The van der Waals surface area contributed by atoms with Crippen molar-refractivity contribution in [2.24, 2.45) is 0 Å². The van der Waals surface area contributed by atoms with Crippen LogP contribution in [-0.4, -0.2) is 5.78 Å². The summed E-state index contributed by atoms with van der Waals surface area (Å²) >= 11 is 0. The molecule has 0 aromatic heterocycles. The Balaban J connectivity index is 0.00000112. The molecule has 0 spiro atoms. The predicted octanol–water partition coefficient (Wildman–Crippen LogP) is 2.28. The van der Waals surface area contributed by atoms with Crippen LogP contribution in [0.5, 0.6) is 5.75 Å². The fraction of sp³-hybridized carbons (Fsp3) is 0.333. The van der Waals surface area contributed by atoms with Gasteiger partial charge in [0.25, 0.3) is 0 Å². The van der Waals surface area contributed by atoms with Crippen LogP contribution in [0.1, 0.15) is 25.3 Å². The third-order valence-electron chi connectivity index (χ3n) is 2.91. The molecular weight excluding hydrogens is 414 g/mol. The van der Waals surface area contributed by atoms with E-state index in [0.29, 0.717) is 5.75 Å². The second-order valence-corrected chi connectivity index (χ2v) is 3.72. The standard InChI is InChI=1S/C12H12O2.U/c1-9(13)12(6-7-12)10-4-3-5-11(8-10)14-2;/h3-4,8H,2,6-7H2,1H3;/q-2;+2. The Morgan fingerprint density at radius 3 is 2.73 bits per heavy atom. The summed E-state index contributed by atoms with van der Waals surface area (Å²) in [5.41, 5.74) is 0.796. The summed E-state index contributed by atoms with van der Waals surface area (Å²) in [6, 6.07) is 8.45. The van der Waals surface area contributed by atoms with Gasteiger partial charge in [0, 0.05) is 5.41 Å². The van der Waals surface area contributed by atoms with Gasteiger partial charge in [0.05, 0.1) is 0 Å². The van der Waals surface area contributed by atoms with Crippen LogP contribution < -0.4 is 4.74 Å². The van der Waals surface area contributed by atoms with Gasteiger partial charge in [-0.1, -0.05) is 0 Å². The van der Waals surface area contributed by atoms with Crippen LogP contribution in [0.2, 0.25) is 0 Å². The molecular formula is C12H12O2U. The van der Waals surface area contributed by atoms with Crippen molar-refractivity contribution in [2.45, 2.75) is 25.2 Å². The zero-order valence-electron chi connectivity index (χ0n) is 8.67. The molecule has 76 valence electrons. The van der Waals surface area contributed by atoms with Gasteiger partial charge >= 0.3 is 31.1 Å². The molecule has 1 saturated carbocycles. The van der Waals surface area contributed by atoms with E-state index >= 15 is 0 Å². The molecule has 15 heavy (non-hydrogen) atoms. The van der Waals surface area contributed by atoms with Crippen LogP contribution in [0, 0.1) is 44.3 Å². The molecule has 2 rings (SSSR count). The molecule has 0 unspecified atom stereocenters. The molecule has 0 saturated heterocycles. The smallest absolute Gasteiger partial charge is 0.683 e. The van der Waals surface area contributed by atoms with Gasteiger partial charge in [-0.15, -0.1) is 17.7 Å². The van der Waals surface area contributed by atoms with Crippen molar-refractivity contribution in [3.05, 3.63) is 36.9 Å². The molecule has 0 aliphatic heterocycles. The monoisotopic (exact) mass is 426 g/mol. The van der Waals surface area contributed by atoms with Gasteiger partial charge in [-0.2, -0.15) is 19.2 Å². The maximum absolute atomic E-state index is 11.5. The molecule has 0 bridgehead atoms. The van der Waals surface area contributed by atoms with E-state index in [9.17, 15) is 4.79 Å². The third-order valence-corrected chi connectivity index (χ3v) is 2.91. The van der Waals surface area contributed by atoms with E-state index in [0.717, 1.165) is 18.4 Å². The molecule has 1 aromatic carbocycles. The van der Waals surface area contributed by atoms with Gasteiger partial charge < -0.3 is 4.74 Å². The number of ether oxygens (including phenoxy) is 1. The topological polar surface area (TPSA) is 26.3 Å². The van der Waals surface area contributed by atoms with Crippen LogP contribution in [0.25, 0.3) is 0 Å². The van der Waals surface area contributed by atoms with Crippen molar-refractivity contribution in [3.63, 3.8) is 0 Å². The van der Waals surface area contributed by atoms with E-state index in [4.69, 9.17) is 4.74 Å². The third kappa shape index (κ3) is 2.29. The minimum Gasteiger partial charge on any atom is -0.683 e. The summed E-state index contributed by atoms with van der Waals surface area (Å²) in [5.74, 6) is 0.828. The molecule has 0 heterocycles. The summed E-state index contributed by atoms with van der Waals surface area (Å²) in [6.45, 7) is 1.65. The minimum absolute atomic E-state index is 0. The van der Waals surface area contributed by atoms with Crippen LogP contribution in [-0.2, 0) is 10.2 Å². The predicted molar refractivity (Wildman–Crippen MR) is 52.9 cm³/mol. The number of ketones is 1. The van der Waals surface area contributed by atoms with E-state index < -0.39 is 0 Å². The normalized spacial score (nSPS) is 16.4. The molecule has 2 nitrogen and oxygen atoms in total. The van der Waals surface area contributed by atoms with E-state index in [1.54, 1.807) is 13.0 Å². The van der Waals surface area contributed by atoms with Crippen molar-refractivity contribution in [2.75, 3.05) is 0 Å². The molecule has 1 aliphatic carbocycles. The average molecular weight is 426 g/mol. The van der Waals surface area contributed by atoms with Gasteiger partial charge in [-0.25, -0.2) is 0 Å². The molecule has 1 fully saturated rings. The van der Waals surface area contributed by atoms with Crippen LogP contribution in [0.3, 0.4) is 0 Å². The number of benzene rings is 1. The second-order valence-electron chi connectivity index (χ2n) is 3.72. The van der Waals surface area contributed by atoms with E-state index in [2.05, 4.69) is 13.2 Å². The van der Waals surface area contributed by atoms with Crippen LogP contribution >= 0.6 is 0 Å². The van der Waals surface area contributed by atoms with Gasteiger partial charge in [0.1, 0.15) is 5.78 Å². The van der Waals surface area contributed by atoms with E-state index in [1.807, 2.05) is 12.1 Å². The Bertz CT molecular complexity index is 370. The Kier molecular flexibility index (Phi) is 4.03. The summed E-state index contributed by atoms with van der Waals surface area (Å²) in [5, 5.41) is 0. The van der Waals surface area contributed by atoms with Crippen LogP contribution in [0.4, 0.5) is 0 Å². The summed E-state index contributed by atoms with van der Waals surface area (Å²) in [6.07, 6.45) is 1.89. The number of carbonyl (C=O) groups excluding carboxylic acids is 1. The average Bonchev–Trinajstić information content (AvgIpc) is 2.98.